The number of carbonyl (C=O) groups is 1. The Labute approximate surface area is 103 Å². The number of halogens is 2. The second kappa shape index (κ2) is 4.65. The molecule has 1 fully saturated rings. The van der Waals surface area contributed by atoms with Crippen LogP contribution >= 0.6 is 0 Å². The number of alkyl halides is 2. The monoisotopic (exact) mass is 251 g/mol. The molecule has 0 radical (unpaired) electrons. The maximum Gasteiger partial charge on any atom is 0.377 e. The molecule has 5 heteroatoms. The van der Waals surface area contributed by atoms with E-state index in [2.05, 4.69) is 16.0 Å². The fraction of sp³-hybridized carbons (Fsp3) is 0.308. The average molecular weight is 251 g/mol. The van der Waals surface area contributed by atoms with Crippen LogP contribution in [0.15, 0.2) is 24.3 Å². The number of carbonyl (C=O) groups excluding carboxylic acids is 1. The van der Waals surface area contributed by atoms with Crippen LogP contribution in [0.1, 0.15) is 12.0 Å². The van der Waals surface area contributed by atoms with Crippen molar-refractivity contribution in [2.75, 3.05) is 11.9 Å². The highest BCUT2D eigenvalue weighted by Gasteiger charge is 2.50. The number of cyclic esters (lactones) is 1. The molecule has 1 aliphatic rings. The summed E-state index contributed by atoms with van der Waals surface area (Å²) in [7, 11) is 0. The van der Waals surface area contributed by atoms with E-state index in [0.29, 0.717) is 11.3 Å². The van der Waals surface area contributed by atoms with Gasteiger partial charge in [-0.1, -0.05) is 12.0 Å². The molecule has 0 aliphatic carbocycles. The maximum absolute atomic E-state index is 12.9. The lowest BCUT2D eigenvalue weighted by Crippen LogP contribution is -2.22. The zero-order valence-corrected chi connectivity index (χ0v) is 9.45. The smallest absolute Gasteiger partial charge is 0.377 e. The van der Waals surface area contributed by atoms with Gasteiger partial charge in [0.2, 0.25) is 0 Å². The number of ether oxygens (including phenoxy) is 1. The molecule has 0 bridgehead atoms. The SMILES string of the molecule is C#Cc1cccc(NCC2CC(F)(F)C(=O)O2)c1. The first-order valence-electron chi connectivity index (χ1n) is 5.41. The molecule has 1 N–H and O–H groups in total. The number of benzene rings is 1. The molecule has 2 rings (SSSR count). The first-order chi connectivity index (χ1) is 8.51. The van der Waals surface area contributed by atoms with E-state index < -0.39 is 24.4 Å². The number of rotatable bonds is 3. The van der Waals surface area contributed by atoms with Gasteiger partial charge in [0.25, 0.3) is 0 Å². The summed E-state index contributed by atoms with van der Waals surface area (Å²) in [6.07, 6.45) is 3.84. The quantitative estimate of drug-likeness (QED) is 0.660. The number of hydrogen-bond donors (Lipinski definition) is 1. The van der Waals surface area contributed by atoms with Crippen molar-refractivity contribution in [1.82, 2.24) is 0 Å². The molecule has 18 heavy (non-hydrogen) atoms. The number of nitrogens with one attached hydrogen (secondary N) is 1. The van der Waals surface area contributed by atoms with Gasteiger partial charge in [0.15, 0.2) is 0 Å². The number of hydrogen-bond acceptors (Lipinski definition) is 3. The largest absolute Gasteiger partial charge is 0.456 e. The first-order valence-corrected chi connectivity index (χ1v) is 5.41. The lowest BCUT2D eigenvalue weighted by Gasteiger charge is -2.11. The summed E-state index contributed by atoms with van der Waals surface area (Å²) < 4.78 is 30.4. The minimum absolute atomic E-state index is 0.134. The van der Waals surface area contributed by atoms with Gasteiger partial charge in [-0.2, -0.15) is 8.78 Å². The molecule has 0 spiro atoms. The topological polar surface area (TPSA) is 38.3 Å². The molecule has 0 saturated carbocycles. The van der Waals surface area contributed by atoms with Gasteiger partial charge in [0.05, 0.1) is 13.0 Å². The summed E-state index contributed by atoms with van der Waals surface area (Å²) >= 11 is 0. The normalized spacial score (nSPS) is 21.2. The standard InChI is InChI=1S/C13H11F2NO2/c1-2-9-4-3-5-10(6-9)16-8-11-7-13(14,15)12(17)18-11/h1,3-6,11,16H,7-8H2. The van der Waals surface area contributed by atoms with Crippen LogP contribution in [0.5, 0.6) is 0 Å². The Morgan fingerprint density at radius 2 is 2.33 bits per heavy atom. The third-order valence-corrected chi connectivity index (χ3v) is 2.62. The fourth-order valence-corrected chi connectivity index (χ4v) is 1.71. The Morgan fingerprint density at radius 1 is 1.56 bits per heavy atom. The van der Waals surface area contributed by atoms with E-state index in [4.69, 9.17) is 6.42 Å². The van der Waals surface area contributed by atoms with Crippen molar-refractivity contribution in [3.63, 3.8) is 0 Å². The van der Waals surface area contributed by atoms with Crippen LogP contribution in [-0.2, 0) is 9.53 Å². The molecule has 1 aromatic rings. The van der Waals surface area contributed by atoms with Crippen molar-refractivity contribution >= 4 is 11.7 Å². The lowest BCUT2D eigenvalue weighted by molar-refractivity contribution is -0.158. The van der Waals surface area contributed by atoms with Crippen molar-refractivity contribution in [2.45, 2.75) is 18.4 Å². The summed E-state index contributed by atoms with van der Waals surface area (Å²) in [5.41, 5.74) is 1.39. The molecular weight excluding hydrogens is 240 g/mol. The van der Waals surface area contributed by atoms with Crippen LogP contribution in [0.4, 0.5) is 14.5 Å². The van der Waals surface area contributed by atoms with Crippen molar-refractivity contribution in [3.8, 4) is 12.3 Å². The second-order valence-electron chi connectivity index (χ2n) is 4.04. The van der Waals surface area contributed by atoms with Crippen LogP contribution in [0.2, 0.25) is 0 Å². The second-order valence-corrected chi connectivity index (χ2v) is 4.04. The third kappa shape index (κ3) is 2.59. The van der Waals surface area contributed by atoms with E-state index in [1.807, 2.05) is 0 Å². The van der Waals surface area contributed by atoms with Gasteiger partial charge in [0.1, 0.15) is 6.10 Å². The van der Waals surface area contributed by atoms with E-state index >= 15 is 0 Å². The van der Waals surface area contributed by atoms with E-state index in [0.717, 1.165) is 0 Å². The number of anilines is 1. The zero-order valence-electron chi connectivity index (χ0n) is 9.45. The highest BCUT2D eigenvalue weighted by molar-refractivity contribution is 5.79. The molecule has 0 aromatic heterocycles. The highest BCUT2D eigenvalue weighted by Crippen LogP contribution is 2.30. The summed E-state index contributed by atoms with van der Waals surface area (Å²) in [6.45, 7) is 0.134. The minimum Gasteiger partial charge on any atom is -0.456 e. The van der Waals surface area contributed by atoms with Gasteiger partial charge < -0.3 is 10.1 Å². The molecule has 1 heterocycles. The maximum atomic E-state index is 12.9. The van der Waals surface area contributed by atoms with Crippen LogP contribution in [-0.4, -0.2) is 24.5 Å². The van der Waals surface area contributed by atoms with Crippen molar-refractivity contribution in [1.29, 1.82) is 0 Å². The predicted molar refractivity (Wildman–Crippen MR) is 62.3 cm³/mol. The molecule has 3 nitrogen and oxygen atoms in total. The molecule has 1 atom stereocenters. The average Bonchev–Trinajstić information content (AvgIpc) is 2.61. The number of terminal acetylenes is 1. The highest BCUT2D eigenvalue weighted by atomic mass is 19.3. The van der Waals surface area contributed by atoms with Crippen LogP contribution in [0, 0.1) is 12.3 Å². The van der Waals surface area contributed by atoms with Crippen molar-refractivity contribution in [2.24, 2.45) is 0 Å². The summed E-state index contributed by atoms with van der Waals surface area (Å²) in [6, 6.07) is 6.99. The first kappa shape index (κ1) is 12.4. The van der Waals surface area contributed by atoms with Gasteiger partial charge in [-0.15, -0.1) is 6.42 Å². The molecule has 1 unspecified atom stereocenters. The molecule has 94 valence electrons. The third-order valence-electron chi connectivity index (χ3n) is 2.62. The van der Waals surface area contributed by atoms with Crippen LogP contribution < -0.4 is 5.32 Å². The Kier molecular flexibility index (Phi) is 3.19. The Hall–Kier alpha value is -2.09. The summed E-state index contributed by atoms with van der Waals surface area (Å²) in [5, 5.41) is 2.91. The van der Waals surface area contributed by atoms with E-state index in [1.54, 1.807) is 24.3 Å². The predicted octanol–water partition coefficient (Wildman–Crippen LogP) is 2.03. The molecule has 1 aromatic carbocycles. The Bertz CT molecular complexity index is 508. The van der Waals surface area contributed by atoms with Crippen LogP contribution in [0.3, 0.4) is 0 Å². The van der Waals surface area contributed by atoms with Crippen molar-refractivity contribution in [3.05, 3.63) is 29.8 Å². The van der Waals surface area contributed by atoms with E-state index in [9.17, 15) is 13.6 Å². The van der Waals surface area contributed by atoms with Gasteiger partial charge in [-0.25, -0.2) is 4.79 Å². The van der Waals surface area contributed by atoms with Gasteiger partial charge >= 0.3 is 11.9 Å². The molecular formula is C13H11F2NO2. The molecule has 1 aliphatic heterocycles. The van der Waals surface area contributed by atoms with Gasteiger partial charge in [-0.3, -0.25) is 0 Å². The van der Waals surface area contributed by atoms with E-state index in [-0.39, 0.29) is 6.54 Å². The summed E-state index contributed by atoms with van der Waals surface area (Å²) in [5.74, 6) is -2.35. The van der Waals surface area contributed by atoms with Gasteiger partial charge in [-0.05, 0) is 18.2 Å². The van der Waals surface area contributed by atoms with Gasteiger partial charge in [0, 0.05) is 11.3 Å². The van der Waals surface area contributed by atoms with Crippen molar-refractivity contribution < 1.29 is 18.3 Å². The zero-order chi connectivity index (χ0) is 13.2. The van der Waals surface area contributed by atoms with Crippen LogP contribution in [0.25, 0.3) is 0 Å². The number of esters is 1. The minimum atomic E-state index is -3.37. The van der Waals surface area contributed by atoms with E-state index in [1.165, 1.54) is 0 Å². The molecule has 0 amide bonds. The fourth-order valence-electron chi connectivity index (χ4n) is 1.71. The lowest BCUT2D eigenvalue weighted by atomic mass is 10.2. The Morgan fingerprint density at radius 3 is 2.94 bits per heavy atom. The molecule has 1 saturated heterocycles. The summed E-state index contributed by atoms with van der Waals surface area (Å²) in [4.78, 5) is 10.8. The Balaban J connectivity index is 1.93.